The number of phenols is 1. The second kappa shape index (κ2) is 8.36. The van der Waals surface area contributed by atoms with Gasteiger partial charge in [0.1, 0.15) is 11.5 Å². The fraction of sp³-hybridized carbons (Fsp3) is 0.0370. The number of allylic oxidation sites excluding steroid dienone is 2. The van der Waals surface area contributed by atoms with Gasteiger partial charge in [-0.05, 0) is 47.2 Å². The van der Waals surface area contributed by atoms with Crippen LogP contribution >= 0.6 is 11.9 Å². The number of nitrogens with zero attached hydrogens (tertiary/aromatic N) is 1. The molecular weight excluding hydrogens is 418 g/mol. The molecule has 5 heteroatoms. The Morgan fingerprint density at radius 2 is 1.56 bits per heavy atom. The number of carbonyl (C=O) groups is 1. The van der Waals surface area contributed by atoms with E-state index in [1.165, 1.54) is 11.9 Å². The highest BCUT2D eigenvalue weighted by Crippen LogP contribution is 2.38. The average molecular weight is 438 g/mol. The van der Waals surface area contributed by atoms with Gasteiger partial charge in [-0.15, -0.1) is 0 Å². The fourth-order valence-corrected chi connectivity index (χ4v) is 4.48. The second-order valence-corrected chi connectivity index (χ2v) is 8.19. The Morgan fingerprint density at radius 1 is 0.844 bits per heavy atom. The highest BCUT2D eigenvalue weighted by Gasteiger charge is 2.27. The van der Waals surface area contributed by atoms with Gasteiger partial charge in [-0.3, -0.25) is 4.79 Å². The minimum atomic E-state index is -0.124. The van der Waals surface area contributed by atoms with Crippen molar-refractivity contribution < 1.29 is 14.6 Å². The molecule has 0 saturated heterocycles. The van der Waals surface area contributed by atoms with E-state index in [1.807, 2.05) is 72.8 Å². The lowest BCUT2D eigenvalue weighted by Crippen LogP contribution is -2.16. The molecule has 0 saturated carbocycles. The van der Waals surface area contributed by atoms with E-state index in [4.69, 9.17) is 9.13 Å². The number of benzene rings is 4. The van der Waals surface area contributed by atoms with Crippen molar-refractivity contribution in [2.75, 3.05) is 7.11 Å². The Kier molecular flexibility index (Phi) is 5.25. The summed E-state index contributed by atoms with van der Waals surface area (Å²) in [7, 11) is 1.63. The number of aromatic hydroxyl groups is 1. The number of Topliss-reactive ketones (excluding diaryl/α,β-unsaturated/α-hetero) is 1. The number of hydrogen-bond acceptors (Lipinski definition) is 5. The van der Waals surface area contributed by atoms with Gasteiger partial charge in [-0.2, -0.15) is 0 Å². The molecule has 0 heterocycles. The zero-order valence-electron chi connectivity index (χ0n) is 17.3. The molecule has 5 rings (SSSR count). The Bertz CT molecular complexity index is 1400. The molecule has 0 spiro atoms. The molecule has 4 aromatic rings. The van der Waals surface area contributed by atoms with Crippen molar-refractivity contribution in [1.82, 2.24) is 0 Å². The molecule has 32 heavy (non-hydrogen) atoms. The normalized spacial score (nSPS) is 14.3. The molecule has 156 valence electrons. The first-order valence-corrected chi connectivity index (χ1v) is 10.9. The van der Waals surface area contributed by atoms with Gasteiger partial charge >= 0.3 is 0 Å². The van der Waals surface area contributed by atoms with Crippen molar-refractivity contribution in [2.45, 2.75) is 4.90 Å². The van der Waals surface area contributed by atoms with Crippen molar-refractivity contribution in [1.29, 1.82) is 0 Å². The summed E-state index contributed by atoms with van der Waals surface area (Å²) in [5.74, 6) is 0.731. The van der Waals surface area contributed by atoms with E-state index in [0.29, 0.717) is 22.4 Å². The maximum Gasteiger partial charge on any atom is 0.194 e. The van der Waals surface area contributed by atoms with Gasteiger partial charge in [0.2, 0.25) is 0 Å². The van der Waals surface area contributed by atoms with Gasteiger partial charge in [0.25, 0.3) is 0 Å². The van der Waals surface area contributed by atoms with Crippen LogP contribution in [-0.2, 0) is 0 Å². The van der Waals surface area contributed by atoms with Crippen molar-refractivity contribution in [3.8, 4) is 11.5 Å². The van der Waals surface area contributed by atoms with Crippen LogP contribution in [0.4, 0.5) is 0 Å². The number of methoxy groups -OCH3 is 1. The van der Waals surface area contributed by atoms with Crippen LogP contribution in [0, 0.1) is 0 Å². The van der Waals surface area contributed by atoms with E-state index in [9.17, 15) is 9.90 Å². The van der Waals surface area contributed by atoms with Crippen LogP contribution in [0.1, 0.15) is 21.5 Å². The van der Waals surface area contributed by atoms with E-state index >= 15 is 0 Å². The average Bonchev–Trinajstić information content (AvgIpc) is 2.84. The molecule has 4 nitrogen and oxygen atoms in total. The maximum absolute atomic E-state index is 13.4. The summed E-state index contributed by atoms with van der Waals surface area (Å²) in [6.45, 7) is 0. The molecule has 0 unspecified atom stereocenters. The number of phenolic OH excluding ortho intramolecular Hbond substituents is 1. The topological polar surface area (TPSA) is 58.9 Å². The van der Waals surface area contributed by atoms with Crippen molar-refractivity contribution in [3.05, 3.63) is 108 Å². The number of hydrogen-bond donors (Lipinski definition) is 1. The van der Waals surface area contributed by atoms with E-state index in [0.717, 1.165) is 27.0 Å². The van der Waals surface area contributed by atoms with E-state index < -0.39 is 0 Å². The van der Waals surface area contributed by atoms with Gasteiger partial charge in [-0.25, -0.2) is 4.40 Å². The molecule has 0 aromatic heterocycles. The summed E-state index contributed by atoms with van der Waals surface area (Å²) >= 11 is 1.33. The SMILES string of the molecule is COc1ccc(SN=C2C=C(c3c(O)ccc4ccccc34)C(=O)c3ccccc32)cc1. The highest BCUT2D eigenvalue weighted by atomic mass is 32.2. The molecule has 1 aliphatic carbocycles. The quantitative estimate of drug-likeness (QED) is 0.379. The number of rotatable bonds is 4. The Hall–Kier alpha value is -3.83. The van der Waals surface area contributed by atoms with Crippen LogP contribution in [0.5, 0.6) is 11.5 Å². The molecule has 1 aliphatic rings. The third-order valence-corrected chi connectivity index (χ3v) is 6.23. The predicted molar refractivity (Wildman–Crippen MR) is 130 cm³/mol. The number of fused-ring (bicyclic) bond motifs is 2. The second-order valence-electron chi connectivity index (χ2n) is 7.36. The van der Waals surface area contributed by atoms with Crippen molar-refractivity contribution in [3.63, 3.8) is 0 Å². The zero-order chi connectivity index (χ0) is 22.1. The van der Waals surface area contributed by atoms with Crippen LogP contribution in [0.2, 0.25) is 0 Å². The van der Waals surface area contributed by atoms with Crippen LogP contribution in [0.15, 0.2) is 100 Å². The summed E-state index contributed by atoms with van der Waals surface area (Å²) in [5.41, 5.74) is 3.01. The molecule has 0 bridgehead atoms. The lowest BCUT2D eigenvalue weighted by atomic mass is 9.84. The number of ether oxygens (including phenoxy) is 1. The summed E-state index contributed by atoms with van der Waals surface area (Å²) < 4.78 is 9.97. The van der Waals surface area contributed by atoms with Gasteiger partial charge in [0, 0.05) is 39.1 Å². The summed E-state index contributed by atoms with van der Waals surface area (Å²) in [4.78, 5) is 14.4. The summed E-state index contributed by atoms with van der Waals surface area (Å²) in [5, 5.41) is 12.5. The molecule has 0 fully saturated rings. The van der Waals surface area contributed by atoms with Gasteiger partial charge in [-0.1, -0.05) is 54.6 Å². The summed E-state index contributed by atoms with van der Waals surface area (Å²) in [6.07, 6.45) is 1.78. The van der Waals surface area contributed by atoms with E-state index in [2.05, 4.69) is 0 Å². The van der Waals surface area contributed by atoms with Gasteiger partial charge in [0.05, 0.1) is 12.8 Å². The van der Waals surface area contributed by atoms with Gasteiger partial charge < -0.3 is 9.84 Å². The van der Waals surface area contributed by atoms with Crippen LogP contribution < -0.4 is 4.74 Å². The Balaban J connectivity index is 1.65. The number of carbonyl (C=O) groups excluding carboxylic acids is 1. The smallest absolute Gasteiger partial charge is 0.194 e. The molecule has 1 N–H and O–H groups in total. The van der Waals surface area contributed by atoms with Gasteiger partial charge in [0.15, 0.2) is 5.78 Å². The standard InChI is InChI=1S/C27H19NO3S/c1-31-18-11-13-19(14-12-18)32-28-24-16-23(27(30)22-9-5-4-8-21(22)24)26-20-7-3-2-6-17(20)10-15-25(26)29/h2-16,29H,1H3. The van der Waals surface area contributed by atoms with Crippen LogP contribution in [0.3, 0.4) is 0 Å². The third-order valence-electron chi connectivity index (χ3n) is 5.46. The van der Waals surface area contributed by atoms with E-state index in [1.54, 1.807) is 25.3 Å². The van der Waals surface area contributed by atoms with Crippen molar-refractivity contribution in [2.24, 2.45) is 4.40 Å². The lowest BCUT2D eigenvalue weighted by molar-refractivity contribution is 0.105. The Morgan fingerprint density at radius 3 is 2.34 bits per heavy atom. The molecule has 4 aromatic carbocycles. The highest BCUT2D eigenvalue weighted by molar-refractivity contribution is 7.98. The fourth-order valence-electron chi connectivity index (χ4n) is 3.87. The number of ketones is 1. The minimum absolute atomic E-state index is 0.0739. The summed E-state index contributed by atoms with van der Waals surface area (Å²) in [6, 6.07) is 26.3. The lowest BCUT2D eigenvalue weighted by Gasteiger charge is -2.19. The Labute approximate surface area is 190 Å². The molecule has 0 amide bonds. The first-order valence-electron chi connectivity index (χ1n) is 10.1. The predicted octanol–water partition coefficient (Wildman–Crippen LogP) is 6.33. The van der Waals surface area contributed by atoms with Crippen molar-refractivity contribution >= 4 is 39.8 Å². The first kappa shape index (κ1) is 20.1. The molecule has 0 atom stereocenters. The molecule has 0 aliphatic heterocycles. The maximum atomic E-state index is 13.4. The van der Waals surface area contributed by atoms with E-state index in [-0.39, 0.29) is 11.5 Å². The largest absolute Gasteiger partial charge is 0.507 e. The molecule has 0 radical (unpaired) electrons. The van der Waals surface area contributed by atoms with Crippen LogP contribution in [0.25, 0.3) is 16.3 Å². The first-order chi connectivity index (χ1) is 15.7. The monoisotopic (exact) mass is 437 g/mol. The third kappa shape index (κ3) is 3.57. The zero-order valence-corrected chi connectivity index (χ0v) is 18.1. The molecular formula is C27H19NO3S. The van der Waals surface area contributed by atoms with Crippen LogP contribution in [-0.4, -0.2) is 23.7 Å². The minimum Gasteiger partial charge on any atom is -0.507 e.